The second kappa shape index (κ2) is 3.50. The van der Waals surface area contributed by atoms with Gasteiger partial charge < -0.3 is 0 Å². The zero-order valence-electron chi connectivity index (χ0n) is 8.06. The first-order chi connectivity index (χ1) is 6.59. The van der Waals surface area contributed by atoms with Crippen LogP contribution >= 0.6 is 15.9 Å². The van der Waals surface area contributed by atoms with Gasteiger partial charge in [-0.25, -0.2) is 4.39 Å². The monoisotopic (exact) mass is 254 g/mol. The molecule has 2 atom stereocenters. The number of hydrogen-bond donors (Lipinski definition) is 0. The van der Waals surface area contributed by atoms with E-state index < -0.39 is 0 Å². The SMILES string of the molecule is C=C(C)C1CC1c1ccc(Br)cc1F. The van der Waals surface area contributed by atoms with E-state index in [1.807, 2.05) is 19.1 Å². The molecule has 2 unspecified atom stereocenters. The van der Waals surface area contributed by atoms with E-state index >= 15 is 0 Å². The van der Waals surface area contributed by atoms with E-state index in [2.05, 4.69) is 22.5 Å². The molecule has 1 aromatic rings. The molecule has 2 heteroatoms. The lowest BCUT2D eigenvalue weighted by molar-refractivity contribution is 0.607. The molecule has 0 bridgehead atoms. The van der Waals surface area contributed by atoms with Crippen LogP contribution in [-0.4, -0.2) is 0 Å². The third-order valence-corrected chi connectivity index (χ3v) is 3.28. The van der Waals surface area contributed by atoms with Crippen LogP contribution in [0.25, 0.3) is 0 Å². The van der Waals surface area contributed by atoms with Crippen molar-refractivity contribution in [3.05, 3.63) is 46.2 Å². The molecule has 14 heavy (non-hydrogen) atoms. The molecule has 0 nitrogen and oxygen atoms in total. The van der Waals surface area contributed by atoms with Gasteiger partial charge in [-0.15, -0.1) is 0 Å². The lowest BCUT2D eigenvalue weighted by atomic mass is 10.1. The first-order valence-corrected chi connectivity index (χ1v) is 5.49. The second-order valence-electron chi connectivity index (χ2n) is 3.96. The molecule has 0 aromatic heterocycles. The molecule has 1 aliphatic rings. The highest BCUT2D eigenvalue weighted by molar-refractivity contribution is 9.10. The Morgan fingerprint density at radius 1 is 1.57 bits per heavy atom. The summed E-state index contributed by atoms with van der Waals surface area (Å²) in [6.07, 6.45) is 1.05. The third-order valence-electron chi connectivity index (χ3n) is 2.79. The van der Waals surface area contributed by atoms with Gasteiger partial charge in [0.25, 0.3) is 0 Å². The van der Waals surface area contributed by atoms with E-state index in [4.69, 9.17) is 0 Å². The summed E-state index contributed by atoms with van der Waals surface area (Å²) in [7, 11) is 0. The van der Waals surface area contributed by atoms with Crippen molar-refractivity contribution in [2.45, 2.75) is 19.3 Å². The van der Waals surface area contributed by atoms with Gasteiger partial charge in [-0.1, -0.05) is 34.1 Å². The Kier molecular flexibility index (Phi) is 2.48. The number of rotatable bonds is 2. The van der Waals surface area contributed by atoms with Crippen molar-refractivity contribution in [2.24, 2.45) is 5.92 Å². The first kappa shape index (κ1) is 9.91. The predicted octanol–water partition coefficient (Wildman–Crippen LogP) is 4.27. The van der Waals surface area contributed by atoms with Gasteiger partial charge >= 0.3 is 0 Å². The Morgan fingerprint density at radius 2 is 2.29 bits per heavy atom. The smallest absolute Gasteiger partial charge is 0.127 e. The van der Waals surface area contributed by atoms with Gasteiger partial charge in [-0.3, -0.25) is 0 Å². The highest BCUT2D eigenvalue weighted by Gasteiger charge is 2.40. The summed E-state index contributed by atoms with van der Waals surface area (Å²) in [5.74, 6) is 0.749. The zero-order chi connectivity index (χ0) is 10.3. The summed E-state index contributed by atoms with van der Waals surface area (Å²) in [5.41, 5.74) is 2.00. The van der Waals surface area contributed by atoms with E-state index in [0.717, 1.165) is 22.0 Å². The standard InChI is InChI=1S/C12H12BrF/c1-7(2)10-6-11(10)9-4-3-8(13)5-12(9)14/h3-5,10-11H,1,6H2,2H3. The minimum absolute atomic E-state index is 0.104. The average Bonchev–Trinajstić information content (AvgIpc) is 2.83. The van der Waals surface area contributed by atoms with E-state index in [0.29, 0.717) is 11.8 Å². The molecule has 0 N–H and O–H groups in total. The van der Waals surface area contributed by atoms with Crippen LogP contribution in [0.5, 0.6) is 0 Å². The van der Waals surface area contributed by atoms with Gasteiger partial charge in [0, 0.05) is 4.47 Å². The fraction of sp³-hybridized carbons (Fsp3) is 0.333. The first-order valence-electron chi connectivity index (χ1n) is 4.70. The van der Waals surface area contributed by atoms with Crippen LogP contribution in [0.15, 0.2) is 34.8 Å². The fourth-order valence-electron chi connectivity index (χ4n) is 1.89. The van der Waals surface area contributed by atoms with Crippen LogP contribution in [0.2, 0.25) is 0 Å². The maximum Gasteiger partial charge on any atom is 0.127 e. The second-order valence-corrected chi connectivity index (χ2v) is 4.88. The van der Waals surface area contributed by atoms with Gasteiger partial charge in [0.15, 0.2) is 0 Å². The maximum absolute atomic E-state index is 13.5. The Labute approximate surface area is 92.0 Å². The largest absolute Gasteiger partial charge is 0.207 e. The molecule has 1 aromatic carbocycles. The van der Waals surface area contributed by atoms with Gasteiger partial charge in [0.1, 0.15) is 5.82 Å². The fourth-order valence-corrected chi connectivity index (χ4v) is 2.22. The van der Waals surface area contributed by atoms with Crippen LogP contribution in [-0.2, 0) is 0 Å². The van der Waals surface area contributed by atoms with Crippen LogP contribution < -0.4 is 0 Å². The van der Waals surface area contributed by atoms with Crippen LogP contribution in [0.3, 0.4) is 0 Å². The number of allylic oxidation sites excluding steroid dienone is 1. The molecule has 0 saturated heterocycles. The summed E-state index contributed by atoms with van der Waals surface area (Å²) in [6, 6.07) is 5.29. The molecular formula is C12H12BrF. The Hall–Kier alpha value is -0.630. The lowest BCUT2D eigenvalue weighted by Crippen LogP contribution is -1.89. The molecular weight excluding hydrogens is 243 g/mol. The normalized spacial score (nSPS) is 24.8. The van der Waals surface area contributed by atoms with Crippen molar-refractivity contribution in [2.75, 3.05) is 0 Å². The molecule has 0 aliphatic heterocycles. The Morgan fingerprint density at radius 3 is 2.79 bits per heavy atom. The van der Waals surface area contributed by atoms with E-state index in [1.165, 1.54) is 6.07 Å². The molecule has 2 rings (SSSR count). The quantitative estimate of drug-likeness (QED) is 0.692. The number of hydrogen-bond acceptors (Lipinski definition) is 0. The lowest BCUT2D eigenvalue weighted by Gasteiger charge is -2.02. The molecule has 1 fully saturated rings. The predicted molar refractivity (Wildman–Crippen MR) is 59.8 cm³/mol. The molecule has 1 aliphatic carbocycles. The summed E-state index contributed by atoms with van der Waals surface area (Å²) < 4.78 is 14.3. The van der Waals surface area contributed by atoms with Crippen molar-refractivity contribution in [1.29, 1.82) is 0 Å². The zero-order valence-corrected chi connectivity index (χ0v) is 9.64. The molecule has 0 amide bonds. The topological polar surface area (TPSA) is 0 Å². The van der Waals surface area contributed by atoms with Crippen LogP contribution in [0.1, 0.15) is 24.8 Å². The number of halogens is 2. The van der Waals surface area contributed by atoms with Crippen LogP contribution in [0, 0.1) is 11.7 Å². The summed E-state index contributed by atoms with van der Waals surface area (Å²) in [6.45, 7) is 5.92. The van der Waals surface area contributed by atoms with Crippen molar-refractivity contribution in [3.63, 3.8) is 0 Å². The molecule has 1 saturated carbocycles. The summed E-state index contributed by atoms with van der Waals surface area (Å²) >= 11 is 3.25. The maximum atomic E-state index is 13.5. The highest BCUT2D eigenvalue weighted by Crippen LogP contribution is 2.51. The van der Waals surface area contributed by atoms with Crippen molar-refractivity contribution < 1.29 is 4.39 Å². The van der Waals surface area contributed by atoms with Crippen LogP contribution in [0.4, 0.5) is 4.39 Å². The van der Waals surface area contributed by atoms with Gasteiger partial charge in [0.05, 0.1) is 0 Å². The van der Waals surface area contributed by atoms with Crippen molar-refractivity contribution in [1.82, 2.24) is 0 Å². The molecule has 0 heterocycles. The van der Waals surface area contributed by atoms with Gasteiger partial charge in [0.2, 0.25) is 0 Å². The van der Waals surface area contributed by atoms with Crippen molar-refractivity contribution >= 4 is 15.9 Å². The molecule has 0 spiro atoms. The van der Waals surface area contributed by atoms with Gasteiger partial charge in [-0.2, -0.15) is 0 Å². The molecule has 74 valence electrons. The highest BCUT2D eigenvalue weighted by atomic mass is 79.9. The Balaban J connectivity index is 2.23. The van der Waals surface area contributed by atoms with Crippen molar-refractivity contribution in [3.8, 4) is 0 Å². The van der Waals surface area contributed by atoms with E-state index in [9.17, 15) is 4.39 Å². The minimum Gasteiger partial charge on any atom is -0.207 e. The minimum atomic E-state index is -0.104. The Bertz CT molecular complexity index is 384. The van der Waals surface area contributed by atoms with E-state index in [-0.39, 0.29) is 5.82 Å². The van der Waals surface area contributed by atoms with E-state index in [1.54, 1.807) is 0 Å². The average molecular weight is 255 g/mol. The third kappa shape index (κ3) is 1.76. The summed E-state index contributed by atoms with van der Waals surface area (Å²) in [4.78, 5) is 0. The summed E-state index contributed by atoms with van der Waals surface area (Å²) in [5, 5.41) is 0. The molecule has 0 radical (unpaired) electrons. The number of benzene rings is 1. The van der Waals surface area contributed by atoms with Gasteiger partial charge in [-0.05, 0) is 42.9 Å².